The van der Waals surface area contributed by atoms with E-state index < -0.39 is 18.1 Å². The van der Waals surface area contributed by atoms with Crippen molar-refractivity contribution in [3.63, 3.8) is 0 Å². The van der Waals surface area contributed by atoms with Gasteiger partial charge in [-0.1, -0.05) is 0 Å². The lowest BCUT2D eigenvalue weighted by molar-refractivity contribution is -0.253. The van der Waals surface area contributed by atoms with Crippen LogP contribution < -0.4 is 10.6 Å². The smallest absolute Gasteiger partial charge is 0.361 e. The van der Waals surface area contributed by atoms with Crippen LogP contribution in [-0.2, 0) is 19.4 Å². The first-order valence-electron chi connectivity index (χ1n) is 4.56. The van der Waals surface area contributed by atoms with Crippen LogP contribution in [0.4, 0.5) is 0 Å². The molecule has 1 fully saturated rings. The molecule has 1 heterocycles. The third-order valence-electron chi connectivity index (χ3n) is 2.01. The summed E-state index contributed by atoms with van der Waals surface area (Å²) in [5, 5.41) is 14.3. The molecule has 1 rings (SSSR count). The highest BCUT2D eigenvalue weighted by atomic mass is 17.2. The predicted octanol–water partition coefficient (Wildman–Crippen LogP) is -2.07. The second-order valence-electron chi connectivity index (χ2n) is 3.19. The Morgan fingerprint density at radius 1 is 1.60 bits per heavy atom. The first-order valence-corrected chi connectivity index (χ1v) is 4.56. The first kappa shape index (κ1) is 11.9. The molecule has 2 unspecified atom stereocenters. The maximum absolute atomic E-state index is 11.4. The lowest BCUT2D eigenvalue weighted by atomic mass is 10.2. The molecule has 0 bridgehead atoms. The average molecular weight is 218 g/mol. The summed E-state index contributed by atoms with van der Waals surface area (Å²) in [6.07, 6.45) is -0.155. The Morgan fingerprint density at radius 2 is 2.33 bits per heavy atom. The minimum absolute atomic E-state index is 0.249. The Kier molecular flexibility index (Phi) is 4.47. The van der Waals surface area contributed by atoms with Crippen molar-refractivity contribution in [2.24, 2.45) is 0 Å². The number of aliphatic hydroxyl groups excluding tert-OH is 1. The third kappa shape index (κ3) is 3.82. The van der Waals surface area contributed by atoms with Gasteiger partial charge in [-0.3, -0.25) is 9.68 Å². The van der Waals surface area contributed by atoms with Crippen molar-refractivity contribution in [3.05, 3.63) is 0 Å². The van der Waals surface area contributed by atoms with Crippen LogP contribution in [0.25, 0.3) is 0 Å². The van der Waals surface area contributed by atoms with Gasteiger partial charge in [-0.25, -0.2) is 4.79 Å². The van der Waals surface area contributed by atoms with E-state index in [0.717, 1.165) is 0 Å². The Morgan fingerprint density at radius 3 is 2.87 bits per heavy atom. The van der Waals surface area contributed by atoms with Crippen molar-refractivity contribution >= 4 is 11.9 Å². The third-order valence-corrected chi connectivity index (χ3v) is 2.01. The first-order chi connectivity index (χ1) is 7.13. The lowest BCUT2D eigenvalue weighted by Gasteiger charge is -2.09. The van der Waals surface area contributed by atoms with Crippen LogP contribution in [0.2, 0.25) is 0 Å². The lowest BCUT2D eigenvalue weighted by Crippen LogP contribution is -2.42. The summed E-state index contributed by atoms with van der Waals surface area (Å²) in [5.41, 5.74) is 0. The monoisotopic (exact) mass is 218 g/mol. The van der Waals surface area contributed by atoms with Crippen molar-refractivity contribution in [2.75, 3.05) is 20.2 Å². The largest absolute Gasteiger partial charge is 0.392 e. The molecule has 0 aromatic carbocycles. The van der Waals surface area contributed by atoms with Crippen LogP contribution >= 0.6 is 0 Å². The molecule has 1 aliphatic rings. The fraction of sp³-hybridized carbons (Fsp3) is 0.750. The standard InChI is InChI=1S/C8H14N2O5/c1-14-15-7(12)4-10-8(13)6-2-5(11)3-9-6/h5-6,9,11H,2-4H2,1H3,(H,10,13). The van der Waals surface area contributed by atoms with E-state index in [-0.39, 0.29) is 12.5 Å². The van der Waals surface area contributed by atoms with Crippen molar-refractivity contribution in [2.45, 2.75) is 18.6 Å². The number of hydrogen-bond donors (Lipinski definition) is 3. The molecule has 0 saturated carbocycles. The zero-order valence-corrected chi connectivity index (χ0v) is 8.36. The number of hydrogen-bond acceptors (Lipinski definition) is 6. The molecule has 15 heavy (non-hydrogen) atoms. The van der Waals surface area contributed by atoms with Crippen LogP contribution in [0.5, 0.6) is 0 Å². The van der Waals surface area contributed by atoms with Gasteiger partial charge < -0.3 is 15.7 Å². The fourth-order valence-corrected chi connectivity index (χ4v) is 1.32. The molecule has 3 N–H and O–H groups in total. The molecule has 1 amide bonds. The molecule has 0 radical (unpaired) electrons. The molecule has 0 aromatic rings. The maximum Gasteiger partial charge on any atom is 0.361 e. The summed E-state index contributed by atoms with van der Waals surface area (Å²) < 4.78 is 0. The van der Waals surface area contributed by atoms with Gasteiger partial charge in [0.25, 0.3) is 0 Å². The van der Waals surface area contributed by atoms with E-state index in [0.29, 0.717) is 13.0 Å². The van der Waals surface area contributed by atoms with Gasteiger partial charge in [0, 0.05) is 6.54 Å². The summed E-state index contributed by atoms with van der Waals surface area (Å²) in [6, 6.07) is -0.449. The molecule has 1 saturated heterocycles. The van der Waals surface area contributed by atoms with Gasteiger partial charge in [0.2, 0.25) is 5.91 Å². The van der Waals surface area contributed by atoms with Gasteiger partial charge in [-0.05, 0) is 6.42 Å². The molecule has 1 aliphatic heterocycles. The van der Waals surface area contributed by atoms with Crippen LogP contribution in [0.15, 0.2) is 0 Å². The van der Waals surface area contributed by atoms with Gasteiger partial charge >= 0.3 is 5.97 Å². The van der Waals surface area contributed by atoms with E-state index >= 15 is 0 Å². The van der Waals surface area contributed by atoms with Gasteiger partial charge in [0.15, 0.2) is 0 Å². The molecule has 7 heteroatoms. The Balaban J connectivity index is 2.21. The minimum atomic E-state index is -0.676. The zero-order chi connectivity index (χ0) is 11.3. The van der Waals surface area contributed by atoms with Gasteiger partial charge in [-0.2, -0.15) is 4.89 Å². The number of rotatable bonds is 4. The number of β-amino-alcohol motifs (C(OH)–C–C–N with tert-alkyl or cyclic N) is 1. The van der Waals surface area contributed by atoms with Crippen molar-refractivity contribution in [1.29, 1.82) is 0 Å². The van der Waals surface area contributed by atoms with E-state index in [1.165, 1.54) is 7.11 Å². The highest BCUT2D eigenvalue weighted by Crippen LogP contribution is 2.05. The maximum atomic E-state index is 11.4. The second kappa shape index (κ2) is 5.64. The van der Waals surface area contributed by atoms with Crippen LogP contribution in [-0.4, -0.2) is 49.3 Å². The topological polar surface area (TPSA) is 96.9 Å². The summed E-state index contributed by atoms with van der Waals surface area (Å²) >= 11 is 0. The second-order valence-corrected chi connectivity index (χ2v) is 3.19. The van der Waals surface area contributed by atoms with E-state index in [4.69, 9.17) is 5.11 Å². The summed E-state index contributed by atoms with van der Waals surface area (Å²) in [4.78, 5) is 30.4. The van der Waals surface area contributed by atoms with Crippen molar-refractivity contribution < 1.29 is 24.5 Å². The van der Waals surface area contributed by atoms with Crippen LogP contribution in [0.3, 0.4) is 0 Å². The summed E-state index contributed by atoms with van der Waals surface area (Å²) in [6.45, 7) is 0.140. The Labute approximate surface area is 86.7 Å². The van der Waals surface area contributed by atoms with Crippen molar-refractivity contribution in [1.82, 2.24) is 10.6 Å². The van der Waals surface area contributed by atoms with Gasteiger partial charge in [0.1, 0.15) is 6.54 Å². The SMILES string of the molecule is COOC(=O)CNC(=O)C1CC(O)CN1. The Bertz CT molecular complexity index is 245. The van der Waals surface area contributed by atoms with E-state index in [1.54, 1.807) is 0 Å². The molecule has 0 aliphatic carbocycles. The molecular formula is C8H14N2O5. The average Bonchev–Trinajstić information content (AvgIpc) is 2.62. The highest BCUT2D eigenvalue weighted by molar-refractivity contribution is 5.85. The normalized spacial score (nSPS) is 24.9. The molecular weight excluding hydrogens is 204 g/mol. The molecule has 0 spiro atoms. The fourth-order valence-electron chi connectivity index (χ4n) is 1.32. The van der Waals surface area contributed by atoms with E-state index in [1.807, 2.05) is 0 Å². The van der Waals surface area contributed by atoms with Crippen LogP contribution in [0.1, 0.15) is 6.42 Å². The number of carbonyl (C=O) groups is 2. The number of nitrogens with one attached hydrogen (secondary N) is 2. The van der Waals surface area contributed by atoms with Crippen molar-refractivity contribution in [3.8, 4) is 0 Å². The van der Waals surface area contributed by atoms with Gasteiger partial charge in [-0.15, -0.1) is 0 Å². The molecule has 7 nitrogen and oxygen atoms in total. The predicted molar refractivity (Wildman–Crippen MR) is 48.5 cm³/mol. The summed E-state index contributed by atoms with van der Waals surface area (Å²) in [5.74, 6) is -1.01. The van der Waals surface area contributed by atoms with Crippen LogP contribution in [0, 0.1) is 0 Å². The van der Waals surface area contributed by atoms with E-state index in [9.17, 15) is 9.59 Å². The number of carbonyl (C=O) groups excluding carboxylic acids is 2. The minimum Gasteiger partial charge on any atom is -0.392 e. The summed E-state index contributed by atoms with van der Waals surface area (Å²) in [7, 11) is 1.20. The van der Waals surface area contributed by atoms with E-state index in [2.05, 4.69) is 20.4 Å². The Hall–Kier alpha value is -1.18. The molecule has 86 valence electrons. The highest BCUT2D eigenvalue weighted by Gasteiger charge is 2.28. The number of aliphatic hydroxyl groups is 1. The molecule has 0 aromatic heterocycles. The van der Waals surface area contributed by atoms with Gasteiger partial charge in [0.05, 0.1) is 19.3 Å². The zero-order valence-electron chi connectivity index (χ0n) is 8.36. The number of amides is 1. The quantitative estimate of drug-likeness (QED) is 0.370. The molecule has 2 atom stereocenters.